The highest BCUT2D eigenvalue weighted by Gasteiger charge is 2.34. The molecule has 32 heavy (non-hydrogen) atoms. The molecule has 0 aliphatic carbocycles. The van der Waals surface area contributed by atoms with Gasteiger partial charge < -0.3 is 9.88 Å². The molecule has 0 bridgehead atoms. The lowest BCUT2D eigenvalue weighted by Crippen LogP contribution is -2.32. The van der Waals surface area contributed by atoms with E-state index >= 15 is 0 Å². The van der Waals surface area contributed by atoms with Crippen LogP contribution in [0.3, 0.4) is 0 Å². The molecule has 0 saturated carbocycles. The normalized spacial score (nSPS) is 14.0. The van der Waals surface area contributed by atoms with Crippen LogP contribution in [0.15, 0.2) is 35.1 Å². The second-order valence-electron chi connectivity index (χ2n) is 7.60. The Balaban J connectivity index is 1.62. The summed E-state index contributed by atoms with van der Waals surface area (Å²) < 4.78 is 43.3. The number of halogens is 3. The number of aromatic nitrogens is 5. The first-order valence-electron chi connectivity index (χ1n) is 10.2. The van der Waals surface area contributed by atoms with E-state index in [1.54, 1.807) is 0 Å². The predicted molar refractivity (Wildman–Crippen MR) is 108 cm³/mol. The van der Waals surface area contributed by atoms with E-state index in [1.807, 2.05) is 4.57 Å². The van der Waals surface area contributed by atoms with E-state index in [0.29, 0.717) is 5.82 Å². The highest BCUT2D eigenvalue weighted by molar-refractivity contribution is 5.91. The van der Waals surface area contributed by atoms with Crippen molar-refractivity contribution in [2.75, 3.05) is 0 Å². The maximum atomic E-state index is 13.5. The van der Waals surface area contributed by atoms with Crippen molar-refractivity contribution < 1.29 is 18.0 Å². The Morgan fingerprint density at radius 3 is 2.72 bits per heavy atom. The Kier molecular flexibility index (Phi) is 5.81. The van der Waals surface area contributed by atoms with Gasteiger partial charge in [0, 0.05) is 24.7 Å². The molecule has 0 unspecified atom stereocenters. The van der Waals surface area contributed by atoms with Crippen molar-refractivity contribution in [3.8, 4) is 5.69 Å². The van der Waals surface area contributed by atoms with E-state index in [2.05, 4.69) is 20.6 Å². The predicted octanol–water partition coefficient (Wildman–Crippen LogP) is 2.81. The molecular weight excluding hydrogens is 425 g/mol. The molecule has 8 nitrogen and oxygen atoms in total. The van der Waals surface area contributed by atoms with Crippen LogP contribution in [0.1, 0.15) is 52.7 Å². The number of hydrogen-bond acceptors (Lipinski definition) is 5. The number of nitrogens with zero attached hydrogens (tertiary/aromatic N) is 5. The number of rotatable bonds is 4. The maximum absolute atomic E-state index is 13.5. The van der Waals surface area contributed by atoms with Crippen molar-refractivity contribution in [2.45, 2.75) is 51.9 Å². The van der Waals surface area contributed by atoms with Crippen molar-refractivity contribution in [3.05, 3.63) is 69.2 Å². The van der Waals surface area contributed by atoms with Gasteiger partial charge in [-0.3, -0.25) is 9.59 Å². The third kappa shape index (κ3) is 4.27. The summed E-state index contributed by atoms with van der Waals surface area (Å²) in [5.74, 6) is 0.621. The zero-order valence-corrected chi connectivity index (χ0v) is 17.3. The lowest BCUT2D eigenvalue weighted by Gasteiger charge is -2.16. The standard InChI is InChI=1S/C21H21F3N6O2/c1-13-11-16(31)19(28-30(13)15-8-5-4-7-14(15)21(22,23)24)20(32)25-12-18-27-26-17-9-3-2-6-10-29(17)18/h4-5,7-8,11H,2-3,6,9-10,12H2,1H3,(H,25,32). The molecule has 168 valence electrons. The zero-order valence-electron chi connectivity index (χ0n) is 17.3. The minimum Gasteiger partial charge on any atom is -0.343 e. The molecule has 0 atom stereocenters. The van der Waals surface area contributed by atoms with E-state index in [-0.39, 0.29) is 17.9 Å². The first-order chi connectivity index (χ1) is 15.3. The van der Waals surface area contributed by atoms with E-state index in [4.69, 9.17) is 0 Å². The molecule has 11 heteroatoms. The Hall–Kier alpha value is -3.50. The van der Waals surface area contributed by atoms with E-state index in [9.17, 15) is 22.8 Å². The molecule has 0 saturated heterocycles. The fraction of sp³-hybridized carbons (Fsp3) is 0.381. The molecule has 0 spiro atoms. The zero-order chi connectivity index (χ0) is 22.9. The first-order valence-corrected chi connectivity index (χ1v) is 10.2. The Labute approximate surface area is 181 Å². The van der Waals surface area contributed by atoms with Crippen LogP contribution in [0.4, 0.5) is 13.2 Å². The topological polar surface area (TPSA) is 94.7 Å². The van der Waals surface area contributed by atoms with Gasteiger partial charge in [-0.15, -0.1) is 10.2 Å². The fourth-order valence-corrected chi connectivity index (χ4v) is 3.77. The Morgan fingerprint density at radius 1 is 1.16 bits per heavy atom. The quantitative estimate of drug-likeness (QED) is 0.665. The van der Waals surface area contributed by atoms with Gasteiger partial charge in [-0.1, -0.05) is 18.6 Å². The van der Waals surface area contributed by atoms with Crippen LogP contribution in [0, 0.1) is 6.92 Å². The molecule has 1 N–H and O–H groups in total. The van der Waals surface area contributed by atoms with Crippen LogP contribution >= 0.6 is 0 Å². The van der Waals surface area contributed by atoms with Gasteiger partial charge in [0.25, 0.3) is 5.91 Å². The summed E-state index contributed by atoms with van der Waals surface area (Å²) in [7, 11) is 0. The van der Waals surface area contributed by atoms with Crippen LogP contribution in [-0.4, -0.2) is 30.5 Å². The molecular formula is C21H21F3N6O2. The largest absolute Gasteiger partial charge is 0.418 e. The van der Waals surface area contributed by atoms with E-state index < -0.39 is 28.8 Å². The van der Waals surface area contributed by atoms with Crippen LogP contribution in [0.5, 0.6) is 0 Å². The number of fused-ring (bicyclic) bond motifs is 1. The first kappa shape index (κ1) is 21.7. The van der Waals surface area contributed by atoms with Gasteiger partial charge in [-0.2, -0.15) is 18.3 Å². The van der Waals surface area contributed by atoms with Crippen molar-refractivity contribution in [1.82, 2.24) is 29.9 Å². The number of aryl methyl sites for hydroxylation is 2. The minimum absolute atomic E-state index is 0.0277. The number of nitrogens with one attached hydrogen (secondary N) is 1. The Morgan fingerprint density at radius 2 is 1.94 bits per heavy atom. The molecule has 1 aliphatic rings. The summed E-state index contributed by atoms with van der Waals surface area (Å²) in [6.45, 7) is 2.23. The van der Waals surface area contributed by atoms with Crippen LogP contribution < -0.4 is 10.7 Å². The highest BCUT2D eigenvalue weighted by Crippen LogP contribution is 2.33. The SMILES string of the molecule is Cc1cc(=O)c(C(=O)NCc2nnc3n2CCCCC3)nn1-c1ccccc1C(F)(F)F. The van der Waals surface area contributed by atoms with Gasteiger partial charge in [0.2, 0.25) is 5.43 Å². The van der Waals surface area contributed by atoms with Gasteiger partial charge in [0.1, 0.15) is 5.82 Å². The van der Waals surface area contributed by atoms with Gasteiger partial charge in [-0.05, 0) is 31.9 Å². The molecule has 3 aromatic rings. The van der Waals surface area contributed by atoms with Crippen molar-refractivity contribution in [1.29, 1.82) is 0 Å². The number of alkyl halides is 3. The molecule has 3 heterocycles. The molecule has 0 radical (unpaired) electrons. The molecule has 1 aromatic carbocycles. The van der Waals surface area contributed by atoms with Gasteiger partial charge in [-0.25, -0.2) is 4.68 Å². The van der Waals surface area contributed by atoms with Crippen LogP contribution in [-0.2, 0) is 25.7 Å². The number of carbonyl (C=O) groups is 1. The number of benzene rings is 1. The molecule has 0 fully saturated rings. The average Bonchev–Trinajstić information content (AvgIpc) is 2.97. The summed E-state index contributed by atoms with van der Waals surface area (Å²) in [6.07, 6.45) is -0.724. The van der Waals surface area contributed by atoms with Gasteiger partial charge >= 0.3 is 6.18 Å². The molecule has 4 rings (SSSR count). The summed E-state index contributed by atoms with van der Waals surface area (Å²) in [4.78, 5) is 25.1. The van der Waals surface area contributed by atoms with Crippen molar-refractivity contribution in [3.63, 3.8) is 0 Å². The summed E-state index contributed by atoms with van der Waals surface area (Å²) >= 11 is 0. The summed E-state index contributed by atoms with van der Waals surface area (Å²) in [5, 5.41) is 14.8. The fourth-order valence-electron chi connectivity index (χ4n) is 3.77. The molecule has 1 amide bonds. The molecule has 2 aromatic heterocycles. The monoisotopic (exact) mass is 446 g/mol. The van der Waals surface area contributed by atoms with Crippen molar-refractivity contribution in [2.24, 2.45) is 0 Å². The lowest BCUT2D eigenvalue weighted by molar-refractivity contribution is -0.137. The minimum atomic E-state index is -4.62. The summed E-state index contributed by atoms with van der Waals surface area (Å²) in [5.41, 5.74) is -2.19. The number of para-hydroxylation sites is 1. The smallest absolute Gasteiger partial charge is 0.343 e. The average molecular weight is 446 g/mol. The van der Waals surface area contributed by atoms with Crippen LogP contribution in [0.25, 0.3) is 5.69 Å². The molecule has 1 aliphatic heterocycles. The number of hydrogen-bond donors (Lipinski definition) is 1. The number of carbonyl (C=O) groups excluding carboxylic acids is 1. The highest BCUT2D eigenvalue weighted by atomic mass is 19.4. The second-order valence-corrected chi connectivity index (χ2v) is 7.60. The second kappa shape index (κ2) is 8.56. The maximum Gasteiger partial charge on any atom is 0.418 e. The number of amides is 1. The van der Waals surface area contributed by atoms with Crippen LogP contribution in [0.2, 0.25) is 0 Å². The van der Waals surface area contributed by atoms with Gasteiger partial charge in [0.05, 0.1) is 17.8 Å². The Bertz CT molecular complexity index is 1210. The lowest BCUT2D eigenvalue weighted by atomic mass is 10.1. The van der Waals surface area contributed by atoms with Gasteiger partial charge in [0.15, 0.2) is 11.5 Å². The summed E-state index contributed by atoms with van der Waals surface area (Å²) in [6, 6.07) is 5.95. The third-order valence-corrected chi connectivity index (χ3v) is 5.35. The van der Waals surface area contributed by atoms with E-state index in [0.717, 1.165) is 54.9 Å². The third-order valence-electron chi connectivity index (χ3n) is 5.35. The van der Waals surface area contributed by atoms with E-state index in [1.165, 1.54) is 25.1 Å². The van der Waals surface area contributed by atoms with Crippen molar-refractivity contribution >= 4 is 5.91 Å².